The van der Waals surface area contributed by atoms with Crippen LogP contribution < -0.4 is 5.32 Å². The van der Waals surface area contributed by atoms with Crippen molar-refractivity contribution in [1.29, 1.82) is 0 Å². The van der Waals surface area contributed by atoms with E-state index < -0.39 is 0 Å². The minimum Gasteiger partial charge on any atom is -0.312 e. The third kappa shape index (κ3) is 4.35. The molecule has 1 fully saturated rings. The van der Waals surface area contributed by atoms with E-state index >= 15 is 0 Å². The first-order chi connectivity index (χ1) is 8.96. The highest BCUT2D eigenvalue weighted by Gasteiger charge is 2.22. The molecule has 19 heavy (non-hydrogen) atoms. The fourth-order valence-electron chi connectivity index (χ4n) is 2.77. The first-order valence-electron chi connectivity index (χ1n) is 7.78. The van der Waals surface area contributed by atoms with E-state index in [2.05, 4.69) is 57.3 Å². The lowest BCUT2D eigenvalue weighted by Crippen LogP contribution is -2.39. The first-order valence-corrected chi connectivity index (χ1v) is 7.78. The smallest absolute Gasteiger partial charge is 0.00966 e. The molecule has 2 rings (SSSR count). The van der Waals surface area contributed by atoms with Gasteiger partial charge in [-0.1, -0.05) is 37.6 Å². The standard InChI is InChI=1S/C18H29N/c1-14(13-19-18(2,3)4)12-16-8-5-6-11-17(16)15-9-7-10-15/h5-6,8,11,14-15,19H,7,9-10,12-13H2,1-4H3. The summed E-state index contributed by atoms with van der Waals surface area (Å²) in [5.41, 5.74) is 3.42. The maximum Gasteiger partial charge on any atom is 0.00966 e. The van der Waals surface area contributed by atoms with Gasteiger partial charge in [0.25, 0.3) is 0 Å². The van der Waals surface area contributed by atoms with Crippen LogP contribution >= 0.6 is 0 Å². The Kier molecular flexibility index (Phi) is 4.67. The van der Waals surface area contributed by atoms with Gasteiger partial charge in [-0.3, -0.25) is 0 Å². The molecule has 1 unspecified atom stereocenters. The SMILES string of the molecule is CC(CNC(C)(C)C)Cc1ccccc1C1CCC1. The predicted octanol–water partition coefficient (Wildman–Crippen LogP) is 4.52. The van der Waals surface area contributed by atoms with E-state index in [4.69, 9.17) is 0 Å². The van der Waals surface area contributed by atoms with Crippen LogP contribution in [0.15, 0.2) is 24.3 Å². The molecule has 1 aliphatic rings. The van der Waals surface area contributed by atoms with Crippen molar-refractivity contribution in [2.45, 2.75) is 64.8 Å². The van der Waals surface area contributed by atoms with Gasteiger partial charge in [-0.05, 0) is 69.5 Å². The van der Waals surface area contributed by atoms with E-state index in [0.29, 0.717) is 5.92 Å². The third-order valence-corrected chi connectivity index (χ3v) is 4.15. The lowest BCUT2D eigenvalue weighted by molar-refractivity contribution is 0.378. The van der Waals surface area contributed by atoms with E-state index in [1.165, 1.54) is 25.7 Å². The van der Waals surface area contributed by atoms with Gasteiger partial charge in [0.2, 0.25) is 0 Å². The Bertz CT molecular complexity index is 398. The first kappa shape index (κ1) is 14.6. The molecule has 0 heterocycles. The Morgan fingerprint density at radius 3 is 2.47 bits per heavy atom. The summed E-state index contributed by atoms with van der Waals surface area (Å²) in [5, 5.41) is 3.62. The van der Waals surface area contributed by atoms with Crippen LogP contribution in [-0.4, -0.2) is 12.1 Å². The fraction of sp³-hybridized carbons (Fsp3) is 0.667. The van der Waals surface area contributed by atoms with Crippen LogP contribution in [0.2, 0.25) is 0 Å². The van der Waals surface area contributed by atoms with Crippen LogP contribution in [0.1, 0.15) is 64.0 Å². The van der Waals surface area contributed by atoms with Gasteiger partial charge in [0.05, 0.1) is 0 Å². The molecule has 1 nitrogen and oxygen atoms in total. The highest BCUT2D eigenvalue weighted by atomic mass is 14.9. The lowest BCUT2D eigenvalue weighted by atomic mass is 9.77. The van der Waals surface area contributed by atoms with E-state index in [1.807, 2.05) is 0 Å². The molecule has 0 aliphatic heterocycles. The maximum absolute atomic E-state index is 3.62. The summed E-state index contributed by atoms with van der Waals surface area (Å²) in [6.07, 6.45) is 5.41. The van der Waals surface area contributed by atoms with Gasteiger partial charge >= 0.3 is 0 Å². The summed E-state index contributed by atoms with van der Waals surface area (Å²) in [6, 6.07) is 9.08. The zero-order chi connectivity index (χ0) is 13.9. The van der Waals surface area contributed by atoms with Crippen molar-refractivity contribution in [3.8, 4) is 0 Å². The van der Waals surface area contributed by atoms with Crippen LogP contribution in [0.3, 0.4) is 0 Å². The molecule has 0 saturated heterocycles. The largest absolute Gasteiger partial charge is 0.312 e. The van der Waals surface area contributed by atoms with Gasteiger partial charge in [0, 0.05) is 5.54 Å². The average molecular weight is 259 g/mol. The molecule has 1 saturated carbocycles. The number of nitrogens with one attached hydrogen (secondary N) is 1. The maximum atomic E-state index is 3.62. The molecule has 0 aromatic heterocycles. The van der Waals surface area contributed by atoms with Gasteiger partial charge < -0.3 is 5.32 Å². The Labute approximate surface area is 118 Å². The quantitative estimate of drug-likeness (QED) is 0.819. The van der Waals surface area contributed by atoms with Gasteiger partial charge in [-0.25, -0.2) is 0 Å². The molecule has 1 N–H and O–H groups in total. The molecule has 1 heteroatoms. The summed E-state index contributed by atoms with van der Waals surface area (Å²) in [7, 11) is 0. The van der Waals surface area contributed by atoms with E-state index in [9.17, 15) is 0 Å². The van der Waals surface area contributed by atoms with Crippen molar-refractivity contribution in [2.75, 3.05) is 6.54 Å². The second-order valence-electron chi connectivity index (χ2n) is 7.27. The molecule has 0 amide bonds. The second kappa shape index (κ2) is 6.09. The predicted molar refractivity (Wildman–Crippen MR) is 83.7 cm³/mol. The van der Waals surface area contributed by atoms with Gasteiger partial charge in [0.1, 0.15) is 0 Å². The summed E-state index contributed by atoms with van der Waals surface area (Å²) < 4.78 is 0. The molecule has 106 valence electrons. The summed E-state index contributed by atoms with van der Waals surface area (Å²) in [6.45, 7) is 10.2. The molecular formula is C18H29N. The summed E-state index contributed by atoms with van der Waals surface area (Å²) >= 11 is 0. The Hall–Kier alpha value is -0.820. The second-order valence-corrected chi connectivity index (χ2v) is 7.27. The topological polar surface area (TPSA) is 12.0 Å². The Morgan fingerprint density at radius 1 is 1.21 bits per heavy atom. The highest BCUT2D eigenvalue weighted by Crippen LogP contribution is 2.38. The van der Waals surface area contributed by atoms with Crippen molar-refractivity contribution in [2.24, 2.45) is 5.92 Å². The zero-order valence-corrected chi connectivity index (χ0v) is 13.0. The van der Waals surface area contributed by atoms with Gasteiger partial charge in [0.15, 0.2) is 0 Å². The Morgan fingerprint density at radius 2 is 1.89 bits per heavy atom. The lowest BCUT2D eigenvalue weighted by Gasteiger charge is -2.29. The molecule has 1 aromatic carbocycles. The van der Waals surface area contributed by atoms with Crippen LogP contribution in [-0.2, 0) is 6.42 Å². The Balaban J connectivity index is 1.94. The number of hydrogen-bond acceptors (Lipinski definition) is 1. The van der Waals surface area contributed by atoms with Gasteiger partial charge in [-0.15, -0.1) is 0 Å². The summed E-state index contributed by atoms with van der Waals surface area (Å²) in [5.74, 6) is 1.54. The molecule has 0 spiro atoms. The number of benzene rings is 1. The minimum absolute atomic E-state index is 0.224. The molecule has 1 aromatic rings. The van der Waals surface area contributed by atoms with E-state index in [1.54, 1.807) is 11.1 Å². The number of hydrogen-bond donors (Lipinski definition) is 1. The zero-order valence-electron chi connectivity index (χ0n) is 13.0. The van der Waals surface area contributed by atoms with Crippen LogP contribution in [0.25, 0.3) is 0 Å². The van der Waals surface area contributed by atoms with Crippen molar-refractivity contribution in [3.05, 3.63) is 35.4 Å². The molecule has 1 aliphatic carbocycles. The highest BCUT2D eigenvalue weighted by molar-refractivity contribution is 5.32. The van der Waals surface area contributed by atoms with Crippen LogP contribution in [0.4, 0.5) is 0 Å². The van der Waals surface area contributed by atoms with Crippen molar-refractivity contribution >= 4 is 0 Å². The monoisotopic (exact) mass is 259 g/mol. The van der Waals surface area contributed by atoms with E-state index in [-0.39, 0.29) is 5.54 Å². The molecule has 1 atom stereocenters. The molecular weight excluding hydrogens is 230 g/mol. The molecule has 0 radical (unpaired) electrons. The van der Waals surface area contributed by atoms with Crippen LogP contribution in [0, 0.1) is 5.92 Å². The van der Waals surface area contributed by atoms with Crippen LogP contribution in [0.5, 0.6) is 0 Å². The van der Waals surface area contributed by atoms with E-state index in [0.717, 1.165) is 12.5 Å². The van der Waals surface area contributed by atoms with Crippen molar-refractivity contribution < 1.29 is 0 Å². The fourth-order valence-corrected chi connectivity index (χ4v) is 2.77. The summed E-state index contributed by atoms with van der Waals surface area (Å²) in [4.78, 5) is 0. The normalized spacial score (nSPS) is 18.1. The molecule has 0 bridgehead atoms. The van der Waals surface area contributed by atoms with Gasteiger partial charge in [-0.2, -0.15) is 0 Å². The average Bonchev–Trinajstić information content (AvgIpc) is 2.26. The van der Waals surface area contributed by atoms with Crippen molar-refractivity contribution in [1.82, 2.24) is 5.32 Å². The third-order valence-electron chi connectivity index (χ3n) is 4.15. The number of rotatable bonds is 5. The van der Waals surface area contributed by atoms with Crippen molar-refractivity contribution in [3.63, 3.8) is 0 Å². The minimum atomic E-state index is 0.224.